The topological polar surface area (TPSA) is 95.6 Å². The van der Waals surface area contributed by atoms with Crippen molar-refractivity contribution < 1.29 is 18.0 Å². The lowest BCUT2D eigenvalue weighted by Crippen LogP contribution is -2.33. The Balaban J connectivity index is 1.65. The van der Waals surface area contributed by atoms with Crippen molar-refractivity contribution in [2.24, 2.45) is 5.92 Å². The van der Waals surface area contributed by atoms with Crippen LogP contribution in [0.2, 0.25) is 0 Å². The van der Waals surface area contributed by atoms with Crippen LogP contribution in [0, 0.1) is 5.92 Å². The van der Waals surface area contributed by atoms with E-state index < -0.39 is 15.9 Å². The van der Waals surface area contributed by atoms with Crippen LogP contribution in [-0.4, -0.2) is 33.8 Å². The van der Waals surface area contributed by atoms with Crippen molar-refractivity contribution >= 4 is 27.5 Å². The molecule has 1 atom stereocenters. The Kier molecular flexibility index (Phi) is 6.34. The van der Waals surface area contributed by atoms with Crippen molar-refractivity contribution in [1.82, 2.24) is 10.0 Å². The van der Waals surface area contributed by atoms with Crippen LogP contribution < -0.4 is 14.9 Å². The molecule has 0 saturated carbocycles. The zero-order valence-electron chi connectivity index (χ0n) is 16.5. The third-order valence-electron chi connectivity index (χ3n) is 5.10. The van der Waals surface area contributed by atoms with Crippen molar-refractivity contribution in [1.29, 1.82) is 0 Å². The zero-order chi connectivity index (χ0) is 21.0. The van der Waals surface area contributed by atoms with Crippen LogP contribution in [0.4, 0.5) is 5.69 Å². The number of nitrogens with zero attached hydrogens (tertiary/aromatic N) is 1. The van der Waals surface area contributed by atoms with E-state index >= 15 is 0 Å². The van der Waals surface area contributed by atoms with E-state index in [9.17, 15) is 18.0 Å². The predicted octanol–water partition coefficient (Wildman–Crippen LogP) is 1.83. The van der Waals surface area contributed by atoms with Crippen LogP contribution in [0.15, 0.2) is 53.4 Å². The third kappa shape index (κ3) is 4.65. The number of aryl methyl sites for hydroxylation is 1. The fourth-order valence-electron chi connectivity index (χ4n) is 3.46. The number of nitrogens with one attached hydrogen (secondary N) is 2. The van der Waals surface area contributed by atoms with E-state index in [-0.39, 0.29) is 29.7 Å². The number of hydrogen-bond donors (Lipinski definition) is 2. The van der Waals surface area contributed by atoms with E-state index in [2.05, 4.69) is 10.0 Å². The summed E-state index contributed by atoms with van der Waals surface area (Å²) in [5.41, 5.74) is 2.61. The second-order valence-electron chi connectivity index (χ2n) is 6.96. The van der Waals surface area contributed by atoms with Crippen LogP contribution in [0.3, 0.4) is 0 Å². The summed E-state index contributed by atoms with van der Waals surface area (Å²) in [5, 5.41) is 2.83. The van der Waals surface area contributed by atoms with Crippen molar-refractivity contribution in [3.05, 3.63) is 59.7 Å². The first-order valence-corrected chi connectivity index (χ1v) is 11.0. The highest BCUT2D eigenvalue weighted by molar-refractivity contribution is 7.89. The number of hydrogen-bond acceptors (Lipinski definition) is 4. The molecule has 29 heavy (non-hydrogen) atoms. The summed E-state index contributed by atoms with van der Waals surface area (Å²) in [6.45, 7) is 2.57. The molecular weight excluding hydrogens is 390 g/mol. The number of carbonyl (C=O) groups excluding carboxylic acids is 2. The highest BCUT2D eigenvalue weighted by atomic mass is 32.2. The minimum Gasteiger partial charge on any atom is -0.352 e. The Hall–Kier alpha value is -2.71. The molecule has 0 aliphatic carbocycles. The Morgan fingerprint density at radius 1 is 1.17 bits per heavy atom. The summed E-state index contributed by atoms with van der Waals surface area (Å²) in [6.07, 6.45) is 0.973. The summed E-state index contributed by atoms with van der Waals surface area (Å²) >= 11 is 0. The van der Waals surface area contributed by atoms with E-state index in [4.69, 9.17) is 0 Å². The second-order valence-corrected chi connectivity index (χ2v) is 8.85. The van der Waals surface area contributed by atoms with E-state index in [1.54, 1.807) is 17.0 Å². The summed E-state index contributed by atoms with van der Waals surface area (Å²) in [4.78, 5) is 26.9. The quantitative estimate of drug-likeness (QED) is 0.721. The van der Waals surface area contributed by atoms with Gasteiger partial charge >= 0.3 is 0 Å². The first-order valence-electron chi connectivity index (χ1n) is 9.54. The van der Waals surface area contributed by atoms with Gasteiger partial charge < -0.3 is 10.2 Å². The lowest BCUT2D eigenvalue weighted by molar-refractivity contribution is -0.126. The molecule has 0 spiro atoms. The van der Waals surface area contributed by atoms with Gasteiger partial charge in [0.2, 0.25) is 21.8 Å². The van der Waals surface area contributed by atoms with Crippen LogP contribution in [0.25, 0.3) is 0 Å². The standard InChI is InChI=1S/C21H25N3O4S/c1-3-16-8-4-5-10-19(16)24-14-17(12-20(24)25)21(26)23-13-15-7-6-9-18(11-15)29(27,28)22-2/h4-11,17,22H,3,12-14H2,1-2H3,(H,23,26). The smallest absolute Gasteiger partial charge is 0.240 e. The minimum atomic E-state index is -3.54. The van der Waals surface area contributed by atoms with Crippen LogP contribution in [0.5, 0.6) is 0 Å². The SMILES string of the molecule is CCc1ccccc1N1CC(C(=O)NCc2cccc(S(=O)(=O)NC)c2)CC1=O. The second kappa shape index (κ2) is 8.75. The molecule has 1 aliphatic rings. The number of carbonyl (C=O) groups is 2. The maximum absolute atomic E-state index is 12.6. The Bertz CT molecular complexity index is 1020. The van der Waals surface area contributed by atoms with Gasteiger partial charge in [0.05, 0.1) is 10.8 Å². The van der Waals surface area contributed by atoms with Gasteiger partial charge in [-0.3, -0.25) is 9.59 Å². The summed E-state index contributed by atoms with van der Waals surface area (Å²) in [5.74, 6) is -0.707. The number of anilines is 1. The van der Waals surface area contributed by atoms with E-state index in [1.807, 2.05) is 31.2 Å². The van der Waals surface area contributed by atoms with Gasteiger partial charge in [0.1, 0.15) is 0 Å². The average Bonchev–Trinajstić information content (AvgIpc) is 3.13. The van der Waals surface area contributed by atoms with E-state index in [0.29, 0.717) is 12.1 Å². The molecule has 2 amide bonds. The normalized spacial score (nSPS) is 16.8. The average molecular weight is 416 g/mol. The van der Waals surface area contributed by atoms with Crippen molar-refractivity contribution in [2.45, 2.75) is 31.2 Å². The fraction of sp³-hybridized carbons (Fsp3) is 0.333. The number of rotatable bonds is 7. The molecular formula is C21H25N3O4S. The van der Waals surface area contributed by atoms with Gasteiger partial charge in [-0.25, -0.2) is 13.1 Å². The lowest BCUT2D eigenvalue weighted by atomic mass is 10.1. The predicted molar refractivity (Wildman–Crippen MR) is 111 cm³/mol. The monoisotopic (exact) mass is 415 g/mol. The molecule has 0 aromatic heterocycles. The maximum Gasteiger partial charge on any atom is 0.240 e. The number of benzene rings is 2. The Morgan fingerprint density at radius 2 is 1.93 bits per heavy atom. The molecule has 1 heterocycles. The largest absolute Gasteiger partial charge is 0.352 e. The van der Waals surface area contributed by atoms with Gasteiger partial charge in [0, 0.05) is 25.2 Å². The first-order chi connectivity index (χ1) is 13.9. The van der Waals surface area contributed by atoms with Crippen LogP contribution >= 0.6 is 0 Å². The van der Waals surface area contributed by atoms with Crippen LogP contribution in [-0.2, 0) is 32.6 Å². The molecule has 7 nitrogen and oxygen atoms in total. The number of amides is 2. The van der Waals surface area contributed by atoms with E-state index in [1.165, 1.54) is 19.2 Å². The van der Waals surface area contributed by atoms with Crippen molar-refractivity contribution in [2.75, 3.05) is 18.5 Å². The molecule has 0 bridgehead atoms. The molecule has 1 saturated heterocycles. The Labute approximate surface area is 171 Å². The van der Waals surface area contributed by atoms with Gasteiger partial charge in [-0.2, -0.15) is 0 Å². The number of sulfonamides is 1. The molecule has 2 aromatic carbocycles. The van der Waals surface area contributed by atoms with E-state index in [0.717, 1.165) is 17.7 Å². The maximum atomic E-state index is 12.6. The highest BCUT2D eigenvalue weighted by Gasteiger charge is 2.35. The Morgan fingerprint density at radius 3 is 2.66 bits per heavy atom. The molecule has 3 rings (SSSR count). The minimum absolute atomic E-state index is 0.0619. The van der Waals surface area contributed by atoms with Crippen molar-refractivity contribution in [3.8, 4) is 0 Å². The molecule has 154 valence electrons. The van der Waals surface area contributed by atoms with Gasteiger partial charge in [-0.1, -0.05) is 37.3 Å². The van der Waals surface area contributed by atoms with Gasteiger partial charge in [0.15, 0.2) is 0 Å². The number of para-hydroxylation sites is 1. The molecule has 1 unspecified atom stereocenters. The fourth-order valence-corrected chi connectivity index (χ4v) is 4.26. The van der Waals surface area contributed by atoms with Gasteiger partial charge in [-0.05, 0) is 42.8 Å². The summed E-state index contributed by atoms with van der Waals surface area (Å²) in [6, 6.07) is 14.1. The molecule has 2 N–H and O–H groups in total. The molecule has 2 aromatic rings. The summed E-state index contributed by atoms with van der Waals surface area (Å²) in [7, 11) is -2.19. The molecule has 8 heteroatoms. The molecule has 1 fully saturated rings. The van der Waals surface area contributed by atoms with Crippen molar-refractivity contribution in [3.63, 3.8) is 0 Å². The van der Waals surface area contributed by atoms with Crippen LogP contribution in [0.1, 0.15) is 24.5 Å². The lowest BCUT2D eigenvalue weighted by Gasteiger charge is -2.20. The highest BCUT2D eigenvalue weighted by Crippen LogP contribution is 2.28. The van der Waals surface area contributed by atoms with Gasteiger partial charge in [0.25, 0.3) is 0 Å². The van der Waals surface area contributed by atoms with Gasteiger partial charge in [-0.15, -0.1) is 0 Å². The summed E-state index contributed by atoms with van der Waals surface area (Å²) < 4.78 is 26.1. The molecule has 0 radical (unpaired) electrons. The zero-order valence-corrected chi connectivity index (χ0v) is 17.3. The molecule has 1 aliphatic heterocycles. The third-order valence-corrected chi connectivity index (χ3v) is 6.52. The first kappa shape index (κ1) is 21.0.